The summed E-state index contributed by atoms with van der Waals surface area (Å²) in [6.45, 7) is 3.95. The van der Waals surface area contributed by atoms with Crippen molar-refractivity contribution in [1.82, 2.24) is 0 Å². The van der Waals surface area contributed by atoms with E-state index in [-0.39, 0.29) is 22.9 Å². The lowest BCUT2D eigenvalue weighted by Gasteiger charge is -2.10. The van der Waals surface area contributed by atoms with Crippen molar-refractivity contribution in [3.8, 4) is 11.5 Å². The van der Waals surface area contributed by atoms with E-state index in [2.05, 4.69) is 0 Å². The minimum Gasteiger partial charge on any atom is -0.493 e. The molecule has 0 spiro atoms. The van der Waals surface area contributed by atoms with Gasteiger partial charge < -0.3 is 9.47 Å². The molecule has 24 heavy (non-hydrogen) atoms. The van der Waals surface area contributed by atoms with Gasteiger partial charge in [0.25, 0.3) is 5.69 Å². The van der Waals surface area contributed by atoms with Crippen LogP contribution in [0.3, 0.4) is 0 Å². The molecule has 0 aliphatic rings. The third kappa shape index (κ3) is 4.48. The molecule has 7 heteroatoms. The molecule has 0 aliphatic carbocycles. The largest absolute Gasteiger partial charge is 0.493 e. The second-order valence-electron chi connectivity index (χ2n) is 5.12. The number of thioether (sulfide) groups is 1. The van der Waals surface area contributed by atoms with Crippen LogP contribution in [-0.4, -0.2) is 23.8 Å². The number of hydrogen-bond acceptors (Lipinski definition) is 6. The fourth-order valence-electron chi connectivity index (χ4n) is 2.01. The van der Waals surface area contributed by atoms with Crippen LogP contribution < -0.4 is 9.47 Å². The first-order valence-electron chi connectivity index (χ1n) is 7.14. The normalized spacial score (nSPS) is 10.3. The number of carbonyl (C=O) groups is 1. The first kappa shape index (κ1) is 17.8. The van der Waals surface area contributed by atoms with E-state index in [0.717, 1.165) is 16.0 Å². The maximum atomic E-state index is 12.1. The van der Waals surface area contributed by atoms with Crippen LogP contribution in [0.15, 0.2) is 41.3 Å². The van der Waals surface area contributed by atoms with Crippen LogP contribution >= 0.6 is 11.8 Å². The summed E-state index contributed by atoms with van der Waals surface area (Å²) in [5.41, 5.74) is 2.02. The molecule has 6 nitrogen and oxygen atoms in total. The van der Waals surface area contributed by atoms with E-state index in [1.54, 1.807) is 0 Å². The smallest absolute Gasteiger partial charge is 0.321 e. The number of esters is 1. The van der Waals surface area contributed by atoms with Gasteiger partial charge in [-0.2, -0.15) is 0 Å². The van der Waals surface area contributed by atoms with Crippen LogP contribution in [-0.2, 0) is 4.79 Å². The summed E-state index contributed by atoms with van der Waals surface area (Å²) in [6, 6.07) is 9.87. The number of nitro groups is 1. The quantitative estimate of drug-likeness (QED) is 0.259. The van der Waals surface area contributed by atoms with Crippen LogP contribution in [0.2, 0.25) is 0 Å². The van der Waals surface area contributed by atoms with E-state index in [4.69, 9.17) is 9.47 Å². The molecular formula is C17H17NO5S. The van der Waals surface area contributed by atoms with Gasteiger partial charge in [0.15, 0.2) is 11.5 Å². The molecule has 0 saturated carbocycles. The van der Waals surface area contributed by atoms with Crippen molar-refractivity contribution in [2.45, 2.75) is 18.7 Å². The van der Waals surface area contributed by atoms with Gasteiger partial charge in [0, 0.05) is 11.0 Å². The van der Waals surface area contributed by atoms with Gasteiger partial charge in [-0.05, 0) is 31.5 Å². The van der Waals surface area contributed by atoms with Crippen LogP contribution in [0.1, 0.15) is 11.1 Å². The summed E-state index contributed by atoms with van der Waals surface area (Å²) < 4.78 is 10.3. The molecule has 0 N–H and O–H groups in total. The Labute approximate surface area is 143 Å². The Balaban J connectivity index is 2.08. The minimum absolute atomic E-state index is 0.0401. The Kier molecular flexibility index (Phi) is 5.81. The molecule has 0 atom stereocenters. The molecule has 0 radical (unpaired) electrons. The van der Waals surface area contributed by atoms with E-state index in [9.17, 15) is 14.9 Å². The minimum atomic E-state index is -0.554. The molecule has 2 rings (SSSR count). The van der Waals surface area contributed by atoms with Crippen LogP contribution in [0.4, 0.5) is 5.69 Å². The van der Waals surface area contributed by atoms with Gasteiger partial charge >= 0.3 is 5.97 Å². The molecule has 126 valence electrons. The zero-order valence-electron chi connectivity index (χ0n) is 13.6. The van der Waals surface area contributed by atoms with Gasteiger partial charge in [-0.15, -0.1) is 11.8 Å². The average Bonchev–Trinajstić information content (AvgIpc) is 2.55. The number of ether oxygens (including phenoxy) is 2. The van der Waals surface area contributed by atoms with E-state index in [1.165, 1.54) is 37.1 Å². The summed E-state index contributed by atoms with van der Waals surface area (Å²) in [4.78, 5) is 23.3. The Hall–Kier alpha value is -2.54. The monoisotopic (exact) mass is 347 g/mol. The van der Waals surface area contributed by atoms with Crippen molar-refractivity contribution in [3.63, 3.8) is 0 Å². The van der Waals surface area contributed by atoms with Crippen molar-refractivity contribution >= 4 is 23.4 Å². The van der Waals surface area contributed by atoms with Crippen molar-refractivity contribution in [2.75, 3.05) is 12.9 Å². The van der Waals surface area contributed by atoms with E-state index in [1.807, 2.05) is 32.0 Å². The zero-order chi connectivity index (χ0) is 17.7. The molecule has 2 aromatic carbocycles. The lowest BCUT2D eigenvalue weighted by atomic mass is 10.2. The van der Waals surface area contributed by atoms with Gasteiger partial charge in [-0.3, -0.25) is 14.9 Å². The molecule has 0 heterocycles. The molecule has 0 aliphatic heterocycles. The van der Waals surface area contributed by atoms with Gasteiger partial charge in [0.05, 0.1) is 23.9 Å². The number of rotatable bonds is 6. The first-order chi connectivity index (χ1) is 11.4. The summed E-state index contributed by atoms with van der Waals surface area (Å²) in [5.74, 6) is -0.0977. The van der Waals surface area contributed by atoms with Gasteiger partial charge in [-0.1, -0.05) is 17.7 Å². The molecule has 0 bridgehead atoms. The van der Waals surface area contributed by atoms with Crippen LogP contribution in [0, 0.1) is 24.0 Å². The highest BCUT2D eigenvalue weighted by molar-refractivity contribution is 8.00. The SMILES string of the molecule is COc1ccc([N+](=O)[O-])cc1OC(=O)CSc1cc(C)ccc1C. The number of non-ortho nitro benzene ring substituents is 1. The highest BCUT2D eigenvalue weighted by atomic mass is 32.2. The number of hydrogen-bond donors (Lipinski definition) is 0. The second-order valence-corrected chi connectivity index (χ2v) is 6.14. The highest BCUT2D eigenvalue weighted by Crippen LogP contribution is 2.32. The maximum absolute atomic E-state index is 12.1. The third-order valence-corrected chi connectivity index (χ3v) is 4.40. The van der Waals surface area contributed by atoms with Gasteiger partial charge in [0.2, 0.25) is 0 Å². The predicted octanol–water partition coefficient (Wildman–Crippen LogP) is 3.92. The second kappa shape index (κ2) is 7.83. The van der Waals surface area contributed by atoms with Gasteiger partial charge in [0.1, 0.15) is 0 Å². The Morgan fingerprint density at radius 1 is 1.17 bits per heavy atom. The zero-order valence-corrected chi connectivity index (χ0v) is 14.4. The summed E-state index contributed by atoms with van der Waals surface area (Å²) in [7, 11) is 1.41. The Bertz CT molecular complexity index is 776. The third-order valence-electron chi connectivity index (χ3n) is 3.27. The van der Waals surface area contributed by atoms with E-state index in [0.29, 0.717) is 0 Å². The Morgan fingerprint density at radius 3 is 2.58 bits per heavy atom. The van der Waals surface area contributed by atoms with Crippen LogP contribution in [0.25, 0.3) is 0 Å². The van der Waals surface area contributed by atoms with Crippen molar-refractivity contribution in [3.05, 3.63) is 57.6 Å². The highest BCUT2D eigenvalue weighted by Gasteiger charge is 2.16. The molecule has 2 aromatic rings. The van der Waals surface area contributed by atoms with Crippen molar-refractivity contribution < 1.29 is 19.2 Å². The fourth-order valence-corrected chi connectivity index (χ4v) is 2.91. The number of benzene rings is 2. The molecular weight excluding hydrogens is 330 g/mol. The van der Waals surface area contributed by atoms with Crippen molar-refractivity contribution in [1.29, 1.82) is 0 Å². The lowest BCUT2D eigenvalue weighted by molar-refractivity contribution is -0.384. The number of aryl methyl sites for hydroxylation is 2. The number of nitro benzene ring substituents is 1. The Morgan fingerprint density at radius 2 is 1.92 bits per heavy atom. The number of carbonyl (C=O) groups excluding carboxylic acids is 1. The molecule has 0 unspecified atom stereocenters. The molecule has 0 aromatic heterocycles. The molecule has 0 amide bonds. The fraction of sp³-hybridized carbons (Fsp3) is 0.235. The predicted molar refractivity (Wildman–Crippen MR) is 91.9 cm³/mol. The van der Waals surface area contributed by atoms with E-state index >= 15 is 0 Å². The summed E-state index contributed by atoms with van der Waals surface area (Å²) >= 11 is 1.36. The molecule has 0 fully saturated rings. The topological polar surface area (TPSA) is 78.7 Å². The summed E-state index contributed by atoms with van der Waals surface area (Å²) in [5, 5.41) is 10.8. The standard InChI is InChI=1S/C17H17NO5S/c1-11-4-5-12(2)16(8-11)24-10-17(19)23-15-9-13(18(20)21)6-7-14(15)22-3/h4-9H,10H2,1-3H3. The number of nitrogens with zero attached hydrogens (tertiary/aromatic N) is 1. The average molecular weight is 347 g/mol. The lowest BCUT2D eigenvalue weighted by Crippen LogP contribution is -2.11. The summed E-state index contributed by atoms with van der Waals surface area (Å²) in [6.07, 6.45) is 0. The van der Waals surface area contributed by atoms with Gasteiger partial charge in [-0.25, -0.2) is 0 Å². The first-order valence-corrected chi connectivity index (χ1v) is 8.12. The van der Waals surface area contributed by atoms with Crippen molar-refractivity contribution in [2.24, 2.45) is 0 Å². The number of methoxy groups -OCH3 is 1. The molecule has 0 saturated heterocycles. The van der Waals surface area contributed by atoms with E-state index < -0.39 is 10.9 Å². The maximum Gasteiger partial charge on any atom is 0.321 e. The van der Waals surface area contributed by atoms with Crippen LogP contribution in [0.5, 0.6) is 11.5 Å².